The van der Waals surface area contributed by atoms with Gasteiger partial charge in [0.25, 0.3) is 5.24 Å². The highest BCUT2D eigenvalue weighted by atomic mass is 35.5. The number of hydrogen-bond donors (Lipinski definition) is 1. The Balaban J connectivity index is 0.000000341. The highest BCUT2D eigenvalue weighted by Crippen LogP contribution is 2.29. The fraction of sp³-hybridized carbons (Fsp3) is 0.371. The lowest BCUT2D eigenvalue weighted by molar-refractivity contribution is 0.0535. The molecular formula is C35H43Cl3O4. The Kier molecular flexibility index (Phi) is 17.4. The van der Waals surface area contributed by atoms with Gasteiger partial charge in [-0.25, -0.2) is 4.79 Å². The summed E-state index contributed by atoms with van der Waals surface area (Å²) in [6.07, 6.45) is 10.7. The molecule has 0 saturated carbocycles. The maximum Gasteiger partial charge on any atom is 0.338 e. The van der Waals surface area contributed by atoms with E-state index >= 15 is 0 Å². The molecule has 4 nitrogen and oxygen atoms in total. The van der Waals surface area contributed by atoms with Gasteiger partial charge in [-0.05, 0) is 135 Å². The van der Waals surface area contributed by atoms with E-state index in [-0.39, 0.29) is 20.0 Å². The first-order valence-corrected chi connectivity index (χ1v) is 14.8. The molecular weight excluding hydrogens is 591 g/mol. The minimum absolute atomic E-state index is 0. The molecule has 2 aromatic carbocycles. The van der Waals surface area contributed by atoms with Crippen molar-refractivity contribution >= 4 is 46.0 Å². The first kappa shape index (κ1) is 37.4. The Morgan fingerprint density at radius 3 is 1.60 bits per heavy atom. The predicted molar refractivity (Wildman–Crippen MR) is 178 cm³/mol. The van der Waals surface area contributed by atoms with Gasteiger partial charge >= 0.3 is 5.97 Å². The third-order valence-corrected chi connectivity index (χ3v) is 7.87. The molecule has 4 rings (SSSR count). The minimum Gasteiger partial charge on any atom is -0.458 e. The van der Waals surface area contributed by atoms with Crippen molar-refractivity contribution in [1.29, 1.82) is 0 Å². The van der Waals surface area contributed by atoms with E-state index in [0.717, 1.165) is 32.1 Å². The van der Waals surface area contributed by atoms with E-state index in [2.05, 4.69) is 39.2 Å². The number of ether oxygens (including phenoxy) is 1. The van der Waals surface area contributed by atoms with Crippen LogP contribution < -0.4 is 0 Å². The lowest BCUT2D eigenvalue weighted by atomic mass is 9.86. The molecule has 2 aliphatic rings. The summed E-state index contributed by atoms with van der Waals surface area (Å²) >= 11 is 16.5. The average molecular weight is 634 g/mol. The summed E-state index contributed by atoms with van der Waals surface area (Å²) in [5.74, 6) is 0.931. The molecule has 0 radical (unpaired) electrons. The smallest absolute Gasteiger partial charge is 0.338 e. The number of esters is 1. The van der Waals surface area contributed by atoms with Crippen molar-refractivity contribution in [2.75, 3.05) is 13.2 Å². The summed E-state index contributed by atoms with van der Waals surface area (Å²) in [5.41, 5.74) is 5.90. The first-order valence-electron chi connectivity index (χ1n) is 13.7. The van der Waals surface area contributed by atoms with Crippen molar-refractivity contribution in [3.63, 3.8) is 0 Å². The quantitative estimate of drug-likeness (QED) is 0.187. The van der Waals surface area contributed by atoms with Gasteiger partial charge in [-0.3, -0.25) is 4.79 Å². The van der Waals surface area contributed by atoms with Crippen LogP contribution in [-0.4, -0.2) is 29.5 Å². The number of rotatable bonds is 7. The molecule has 1 N–H and O–H groups in total. The zero-order valence-electron chi connectivity index (χ0n) is 23.8. The van der Waals surface area contributed by atoms with Crippen molar-refractivity contribution in [3.8, 4) is 0 Å². The van der Waals surface area contributed by atoms with Crippen LogP contribution >= 0.6 is 34.8 Å². The van der Waals surface area contributed by atoms with E-state index in [4.69, 9.17) is 44.6 Å². The number of hydrogen-bond acceptors (Lipinski definition) is 4. The third kappa shape index (κ3) is 13.6. The van der Waals surface area contributed by atoms with Crippen LogP contribution in [0.3, 0.4) is 0 Å². The molecule has 0 aliphatic heterocycles. The van der Waals surface area contributed by atoms with Crippen molar-refractivity contribution in [1.82, 2.24) is 0 Å². The molecule has 0 amide bonds. The maximum absolute atomic E-state index is 11.9. The summed E-state index contributed by atoms with van der Waals surface area (Å²) in [4.78, 5) is 22.3. The van der Waals surface area contributed by atoms with Crippen molar-refractivity contribution in [2.45, 2.75) is 59.8 Å². The third-order valence-electron chi connectivity index (χ3n) is 7.15. The summed E-state index contributed by atoms with van der Waals surface area (Å²) in [5, 5.41) is 9.58. The number of carbonyl (C=O) groups is 2. The van der Waals surface area contributed by atoms with Crippen LogP contribution in [-0.2, 0) is 4.74 Å². The lowest BCUT2D eigenvalue weighted by Crippen LogP contribution is -2.12. The van der Waals surface area contributed by atoms with E-state index in [0.29, 0.717) is 39.6 Å². The second-order valence-corrected chi connectivity index (χ2v) is 11.6. The summed E-state index contributed by atoms with van der Waals surface area (Å²) in [6, 6.07) is 13.1. The van der Waals surface area contributed by atoms with Gasteiger partial charge in [0.2, 0.25) is 0 Å². The van der Waals surface area contributed by atoms with Crippen LogP contribution in [0.5, 0.6) is 0 Å². The standard InChI is InChI=1S/C17H19ClO2.C10H16O.C7H4Cl2O.CH4/c1-12(2)14-5-3-13(4-6-14)11-20-17(19)15-7-9-16(18)10-8-15;1-8(2)10-5-3-9(7-11)4-6-10;8-6-3-1-5(2-4-6)7(9)10;/h3,7-10,14H,1,4-6,11H2,2H3;3,10-11H,1,4-7H2,2H3;1-4H;1H4/t14-;10-;;/m11../s1. The molecule has 0 bridgehead atoms. The Morgan fingerprint density at radius 2 is 1.24 bits per heavy atom. The van der Waals surface area contributed by atoms with Crippen LogP contribution in [0.25, 0.3) is 0 Å². The Hall–Kier alpha value is -2.63. The molecule has 0 unspecified atom stereocenters. The Labute approximate surface area is 266 Å². The Bertz CT molecular complexity index is 1240. The molecule has 228 valence electrons. The normalized spacial score (nSPS) is 17.4. The molecule has 0 aromatic heterocycles. The molecule has 42 heavy (non-hydrogen) atoms. The zero-order valence-corrected chi connectivity index (χ0v) is 26.1. The lowest BCUT2D eigenvalue weighted by Gasteiger charge is -2.21. The van der Waals surface area contributed by atoms with Gasteiger partial charge in [-0.1, -0.05) is 67.1 Å². The largest absolute Gasteiger partial charge is 0.458 e. The summed E-state index contributed by atoms with van der Waals surface area (Å²) in [7, 11) is 0. The summed E-state index contributed by atoms with van der Waals surface area (Å²) in [6.45, 7) is 12.7. The fourth-order valence-electron chi connectivity index (χ4n) is 4.36. The van der Waals surface area contributed by atoms with E-state index in [1.807, 2.05) is 0 Å². The van der Waals surface area contributed by atoms with Crippen LogP contribution in [0.2, 0.25) is 10.0 Å². The van der Waals surface area contributed by atoms with E-state index < -0.39 is 5.24 Å². The number of aliphatic hydroxyl groups excluding tert-OH is 1. The first-order chi connectivity index (χ1) is 19.5. The summed E-state index contributed by atoms with van der Waals surface area (Å²) < 4.78 is 5.33. The van der Waals surface area contributed by atoms with Crippen LogP contribution in [0.4, 0.5) is 0 Å². The monoisotopic (exact) mass is 632 g/mol. The van der Waals surface area contributed by atoms with Crippen molar-refractivity contribution in [3.05, 3.63) is 117 Å². The molecule has 2 atom stereocenters. The molecule has 7 heteroatoms. The number of carbonyl (C=O) groups excluding carboxylic acids is 2. The number of allylic oxidation sites excluding steroid dienone is 4. The van der Waals surface area contributed by atoms with Gasteiger partial charge in [0.05, 0.1) is 12.2 Å². The maximum atomic E-state index is 11.9. The van der Waals surface area contributed by atoms with Gasteiger partial charge < -0.3 is 9.84 Å². The number of aliphatic hydroxyl groups is 1. The minimum atomic E-state index is -0.461. The van der Waals surface area contributed by atoms with Gasteiger partial charge in [0.1, 0.15) is 6.61 Å². The van der Waals surface area contributed by atoms with Gasteiger partial charge in [0.15, 0.2) is 0 Å². The molecule has 0 heterocycles. The van der Waals surface area contributed by atoms with Gasteiger partial charge in [0, 0.05) is 15.6 Å². The zero-order chi connectivity index (χ0) is 30.4. The highest BCUT2D eigenvalue weighted by molar-refractivity contribution is 6.67. The number of halogens is 3. The van der Waals surface area contributed by atoms with E-state index in [1.165, 1.54) is 28.7 Å². The van der Waals surface area contributed by atoms with Crippen LogP contribution in [0.1, 0.15) is 80.5 Å². The Morgan fingerprint density at radius 1 is 0.810 bits per heavy atom. The molecule has 2 aliphatic carbocycles. The molecule has 0 fully saturated rings. The highest BCUT2D eigenvalue weighted by Gasteiger charge is 2.16. The molecule has 2 aromatic rings. The van der Waals surface area contributed by atoms with Crippen molar-refractivity contribution < 1.29 is 19.4 Å². The van der Waals surface area contributed by atoms with Crippen LogP contribution in [0, 0.1) is 11.8 Å². The van der Waals surface area contributed by atoms with Crippen LogP contribution in [0.15, 0.2) is 96.1 Å². The van der Waals surface area contributed by atoms with Crippen molar-refractivity contribution in [2.24, 2.45) is 11.8 Å². The second kappa shape index (κ2) is 19.5. The molecule has 0 spiro atoms. The number of benzene rings is 2. The predicted octanol–water partition coefficient (Wildman–Crippen LogP) is 10.4. The van der Waals surface area contributed by atoms with Gasteiger partial charge in [-0.2, -0.15) is 0 Å². The van der Waals surface area contributed by atoms with E-state index in [1.54, 1.807) is 48.5 Å². The average Bonchev–Trinajstić information content (AvgIpc) is 2.97. The van der Waals surface area contributed by atoms with Gasteiger partial charge in [-0.15, -0.1) is 0 Å². The fourth-order valence-corrected chi connectivity index (χ4v) is 4.73. The molecule has 0 saturated heterocycles. The SMILES string of the molecule is C.C=C(C)[C@@H]1CC=C(CO)CC1.C=C(C)[C@@H]1CC=C(COC(=O)c2ccc(Cl)cc2)CC1.O=C(Cl)c1ccc(Cl)cc1. The second-order valence-electron chi connectivity index (χ2n) is 10.4. The van der Waals surface area contributed by atoms with E-state index in [9.17, 15) is 9.59 Å². The topological polar surface area (TPSA) is 63.6 Å².